The molecule has 0 fully saturated rings. The highest BCUT2D eigenvalue weighted by Crippen LogP contribution is 2.36. The van der Waals surface area contributed by atoms with Crippen molar-refractivity contribution in [3.05, 3.63) is 76.6 Å². The van der Waals surface area contributed by atoms with Crippen molar-refractivity contribution in [2.75, 3.05) is 12.9 Å². The number of ketones is 1. The van der Waals surface area contributed by atoms with Crippen LogP contribution in [0.5, 0.6) is 5.75 Å². The van der Waals surface area contributed by atoms with Gasteiger partial charge in [0.2, 0.25) is 0 Å². The summed E-state index contributed by atoms with van der Waals surface area (Å²) in [5.41, 5.74) is 4.85. The Morgan fingerprint density at radius 3 is 2.42 bits per heavy atom. The highest BCUT2D eigenvalue weighted by Gasteiger charge is 2.23. The minimum absolute atomic E-state index is 0.0422. The number of carbonyl (C=O) groups excluding carboxylic acids is 1. The number of hydrogen-bond acceptors (Lipinski definition) is 5. The number of fused-ring (bicyclic) bond motifs is 1. The SMILES string of the molecule is COc1ccc(C(=O)CSc2nc(-c3ccc(F)cc3)c3c(c2C#N)CCCC3)cc1. The fourth-order valence-electron chi connectivity index (χ4n) is 3.86. The zero-order chi connectivity index (χ0) is 21.8. The average Bonchev–Trinajstić information content (AvgIpc) is 2.82. The lowest BCUT2D eigenvalue weighted by Gasteiger charge is -2.22. The molecule has 1 heterocycles. The van der Waals surface area contributed by atoms with Gasteiger partial charge in [-0.15, -0.1) is 0 Å². The summed E-state index contributed by atoms with van der Waals surface area (Å²) in [6.07, 6.45) is 3.72. The predicted octanol–water partition coefficient (Wildman–Crippen LogP) is 5.62. The van der Waals surface area contributed by atoms with Crippen LogP contribution < -0.4 is 4.74 Å². The first-order valence-corrected chi connectivity index (χ1v) is 11.1. The summed E-state index contributed by atoms with van der Waals surface area (Å²) in [5.74, 6) is 0.525. The molecule has 1 aliphatic rings. The monoisotopic (exact) mass is 432 g/mol. The molecular formula is C25H21FN2O2S. The van der Waals surface area contributed by atoms with Crippen LogP contribution in [0.2, 0.25) is 0 Å². The summed E-state index contributed by atoms with van der Waals surface area (Å²) >= 11 is 1.28. The first kappa shape index (κ1) is 21.1. The molecule has 0 atom stereocenters. The molecule has 1 aliphatic carbocycles. The van der Waals surface area contributed by atoms with Gasteiger partial charge in [-0.2, -0.15) is 5.26 Å². The standard InChI is InChI=1S/C25H21FN2O2S/c1-30-19-12-8-16(9-13-19)23(29)15-31-25-22(14-27)20-4-2-3-5-21(20)24(28-25)17-6-10-18(26)11-7-17/h6-13H,2-5,15H2,1H3. The molecule has 0 unspecified atom stereocenters. The van der Waals surface area contributed by atoms with Crippen LogP contribution in [0.4, 0.5) is 4.39 Å². The molecular weight excluding hydrogens is 411 g/mol. The third kappa shape index (κ3) is 4.47. The molecule has 0 spiro atoms. The maximum atomic E-state index is 13.4. The third-order valence-electron chi connectivity index (χ3n) is 5.46. The summed E-state index contributed by atoms with van der Waals surface area (Å²) in [6.45, 7) is 0. The first-order valence-electron chi connectivity index (χ1n) is 10.1. The Morgan fingerprint density at radius 1 is 1.10 bits per heavy atom. The second kappa shape index (κ2) is 9.32. The number of carbonyl (C=O) groups is 1. The number of aromatic nitrogens is 1. The Labute approximate surface area is 185 Å². The smallest absolute Gasteiger partial charge is 0.173 e. The van der Waals surface area contributed by atoms with Crippen molar-refractivity contribution in [1.82, 2.24) is 4.98 Å². The summed E-state index contributed by atoms with van der Waals surface area (Å²) in [7, 11) is 1.58. The second-order valence-corrected chi connectivity index (χ2v) is 8.33. The summed E-state index contributed by atoms with van der Waals surface area (Å²) < 4.78 is 18.6. The number of methoxy groups -OCH3 is 1. The van der Waals surface area contributed by atoms with Gasteiger partial charge in [0.05, 0.1) is 24.1 Å². The lowest BCUT2D eigenvalue weighted by atomic mass is 9.86. The number of nitrogens with zero attached hydrogens (tertiary/aromatic N) is 2. The van der Waals surface area contributed by atoms with Gasteiger partial charge in [-0.1, -0.05) is 11.8 Å². The third-order valence-corrected chi connectivity index (χ3v) is 6.44. The Morgan fingerprint density at radius 2 is 1.77 bits per heavy atom. The van der Waals surface area contributed by atoms with Gasteiger partial charge in [-0.05, 0) is 85.3 Å². The zero-order valence-electron chi connectivity index (χ0n) is 17.2. The average molecular weight is 433 g/mol. The van der Waals surface area contributed by atoms with Crippen molar-refractivity contribution in [2.24, 2.45) is 0 Å². The van der Waals surface area contributed by atoms with E-state index in [1.165, 1.54) is 23.9 Å². The van der Waals surface area contributed by atoms with E-state index in [0.717, 1.165) is 48.1 Å². The molecule has 0 amide bonds. The van der Waals surface area contributed by atoms with Gasteiger partial charge in [0.25, 0.3) is 0 Å². The Balaban J connectivity index is 1.67. The Hall–Kier alpha value is -3.17. The van der Waals surface area contributed by atoms with Crippen molar-refractivity contribution in [3.63, 3.8) is 0 Å². The number of pyridine rings is 1. The van der Waals surface area contributed by atoms with Gasteiger partial charge in [0.15, 0.2) is 5.78 Å². The number of thioether (sulfide) groups is 1. The van der Waals surface area contributed by atoms with Crippen LogP contribution in [0.15, 0.2) is 53.6 Å². The van der Waals surface area contributed by atoms with E-state index in [4.69, 9.17) is 9.72 Å². The molecule has 0 N–H and O–H groups in total. The molecule has 0 saturated heterocycles. The lowest BCUT2D eigenvalue weighted by Crippen LogP contribution is -2.11. The van der Waals surface area contributed by atoms with Crippen LogP contribution in [0.1, 0.15) is 39.9 Å². The highest BCUT2D eigenvalue weighted by molar-refractivity contribution is 8.00. The fraction of sp³-hybridized carbons (Fsp3) is 0.240. The van der Waals surface area contributed by atoms with Crippen LogP contribution in [-0.4, -0.2) is 23.6 Å². The zero-order valence-corrected chi connectivity index (χ0v) is 18.0. The van der Waals surface area contributed by atoms with Crippen LogP contribution >= 0.6 is 11.8 Å². The molecule has 4 nitrogen and oxygen atoms in total. The van der Waals surface area contributed by atoms with E-state index in [1.807, 2.05) is 0 Å². The first-order chi connectivity index (χ1) is 15.1. The van der Waals surface area contributed by atoms with E-state index >= 15 is 0 Å². The molecule has 0 bridgehead atoms. The molecule has 6 heteroatoms. The minimum atomic E-state index is -0.300. The van der Waals surface area contributed by atoms with E-state index in [2.05, 4.69) is 6.07 Å². The molecule has 31 heavy (non-hydrogen) atoms. The van der Waals surface area contributed by atoms with Gasteiger partial charge < -0.3 is 4.74 Å². The van der Waals surface area contributed by atoms with Gasteiger partial charge in [-0.25, -0.2) is 9.37 Å². The van der Waals surface area contributed by atoms with Crippen molar-refractivity contribution in [1.29, 1.82) is 5.26 Å². The van der Waals surface area contributed by atoms with Crippen LogP contribution in [-0.2, 0) is 12.8 Å². The number of nitriles is 1. The van der Waals surface area contributed by atoms with E-state index in [-0.39, 0.29) is 17.4 Å². The minimum Gasteiger partial charge on any atom is -0.497 e. The van der Waals surface area contributed by atoms with Gasteiger partial charge in [0, 0.05) is 11.1 Å². The maximum Gasteiger partial charge on any atom is 0.173 e. The maximum absolute atomic E-state index is 13.4. The molecule has 2 aromatic carbocycles. The Kier molecular flexibility index (Phi) is 6.34. The van der Waals surface area contributed by atoms with E-state index in [1.54, 1.807) is 43.5 Å². The fourth-order valence-corrected chi connectivity index (χ4v) is 4.76. The van der Waals surface area contributed by atoms with Gasteiger partial charge in [-0.3, -0.25) is 4.79 Å². The van der Waals surface area contributed by atoms with Crippen molar-refractivity contribution in [3.8, 4) is 23.1 Å². The molecule has 1 aromatic heterocycles. The summed E-state index contributed by atoms with van der Waals surface area (Å²) in [5, 5.41) is 10.4. The number of Topliss-reactive ketones (excluding diaryl/α,β-unsaturated/α-hetero) is 1. The molecule has 0 aliphatic heterocycles. The quantitative estimate of drug-likeness (QED) is 0.374. The normalized spacial score (nSPS) is 12.7. The molecule has 3 aromatic rings. The number of rotatable bonds is 6. The molecule has 0 saturated carbocycles. The van der Waals surface area contributed by atoms with Crippen LogP contribution in [0, 0.1) is 17.1 Å². The number of benzene rings is 2. The van der Waals surface area contributed by atoms with E-state index in [0.29, 0.717) is 21.9 Å². The largest absolute Gasteiger partial charge is 0.497 e. The molecule has 4 rings (SSSR count). The lowest BCUT2D eigenvalue weighted by molar-refractivity contribution is 0.102. The predicted molar refractivity (Wildman–Crippen MR) is 119 cm³/mol. The number of hydrogen-bond donors (Lipinski definition) is 0. The Bertz CT molecular complexity index is 1150. The van der Waals surface area contributed by atoms with Crippen LogP contribution in [0.25, 0.3) is 11.3 Å². The number of ether oxygens (including phenoxy) is 1. The van der Waals surface area contributed by atoms with Crippen LogP contribution in [0.3, 0.4) is 0 Å². The second-order valence-electron chi connectivity index (χ2n) is 7.36. The van der Waals surface area contributed by atoms with E-state index in [9.17, 15) is 14.4 Å². The van der Waals surface area contributed by atoms with Gasteiger partial charge >= 0.3 is 0 Å². The highest BCUT2D eigenvalue weighted by atomic mass is 32.2. The van der Waals surface area contributed by atoms with E-state index < -0.39 is 0 Å². The number of halogens is 1. The van der Waals surface area contributed by atoms with Gasteiger partial charge in [0.1, 0.15) is 22.7 Å². The summed E-state index contributed by atoms with van der Waals surface area (Å²) in [6, 6.07) is 15.6. The topological polar surface area (TPSA) is 63.0 Å². The summed E-state index contributed by atoms with van der Waals surface area (Å²) in [4.78, 5) is 17.5. The van der Waals surface area contributed by atoms with Crippen molar-refractivity contribution >= 4 is 17.5 Å². The molecule has 0 radical (unpaired) electrons. The molecule has 156 valence electrons. The van der Waals surface area contributed by atoms with Crippen molar-refractivity contribution in [2.45, 2.75) is 30.7 Å². The van der Waals surface area contributed by atoms with Crippen molar-refractivity contribution < 1.29 is 13.9 Å².